The number of pyridine rings is 1. The van der Waals surface area contributed by atoms with Gasteiger partial charge in [0.15, 0.2) is 11.5 Å². The Kier molecular flexibility index (Phi) is 7.44. The van der Waals surface area contributed by atoms with Crippen molar-refractivity contribution in [2.24, 2.45) is 5.10 Å². The predicted molar refractivity (Wildman–Crippen MR) is 121 cm³/mol. The number of carbonyl (C=O) groups is 1. The predicted octanol–water partition coefficient (Wildman–Crippen LogP) is 4.16. The number of nitro groups is 2. The molecule has 0 bridgehead atoms. The van der Waals surface area contributed by atoms with Crippen LogP contribution in [-0.2, 0) is 0 Å². The van der Waals surface area contributed by atoms with Gasteiger partial charge < -0.3 is 9.47 Å². The lowest BCUT2D eigenvalue weighted by Gasteiger charge is -2.12. The number of benzene rings is 2. The van der Waals surface area contributed by atoms with Crippen LogP contribution < -0.4 is 14.9 Å². The van der Waals surface area contributed by atoms with E-state index in [4.69, 9.17) is 9.47 Å². The number of hydrazone groups is 1. The molecule has 0 unspecified atom stereocenters. The number of aryl methyl sites for hydroxylation is 1. The summed E-state index contributed by atoms with van der Waals surface area (Å²) in [6.07, 6.45) is 2.83. The van der Waals surface area contributed by atoms with E-state index in [0.29, 0.717) is 11.1 Å². The maximum Gasteiger partial charge on any atom is 0.318 e. The highest BCUT2D eigenvalue weighted by Gasteiger charge is 2.22. The molecule has 0 saturated carbocycles. The second-order valence-electron chi connectivity index (χ2n) is 6.79. The number of nitro benzene ring substituents is 2. The average Bonchev–Trinajstić information content (AvgIpc) is 2.81. The summed E-state index contributed by atoms with van der Waals surface area (Å²) in [5, 5.41) is 26.2. The van der Waals surface area contributed by atoms with E-state index in [9.17, 15) is 25.0 Å². The minimum absolute atomic E-state index is 0.158. The molecule has 34 heavy (non-hydrogen) atoms. The molecule has 0 fully saturated rings. The van der Waals surface area contributed by atoms with Crippen molar-refractivity contribution in [2.45, 2.75) is 13.8 Å². The van der Waals surface area contributed by atoms with Crippen molar-refractivity contribution in [1.29, 1.82) is 0 Å². The summed E-state index contributed by atoms with van der Waals surface area (Å²) < 4.78 is 11.2. The zero-order valence-electron chi connectivity index (χ0n) is 18.1. The van der Waals surface area contributed by atoms with Crippen molar-refractivity contribution in [3.8, 4) is 17.2 Å². The molecule has 1 heterocycles. The minimum Gasteiger partial charge on any atom is -0.490 e. The zero-order chi connectivity index (χ0) is 24.7. The van der Waals surface area contributed by atoms with Gasteiger partial charge in [-0.15, -0.1) is 0 Å². The molecule has 3 aromatic rings. The van der Waals surface area contributed by atoms with Crippen LogP contribution in [0.2, 0.25) is 0 Å². The summed E-state index contributed by atoms with van der Waals surface area (Å²) in [5.41, 5.74) is 3.09. The summed E-state index contributed by atoms with van der Waals surface area (Å²) in [4.78, 5) is 37.0. The fraction of sp³-hybridized carbons (Fsp3) is 0.136. The second-order valence-corrected chi connectivity index (χ2v) is 6.79. The van der Waals surface area contributed by atoms with Crippen molar-refractivity contribution < 1.29 is 24.1 Å². The topological polar surface area (TPSA) is 159 Å². The number of aromatic nitrogens is 1. The summed E-state index contributed by atoms with van der Waals surface area (Å²) in [5.74, 6) is -0.199. The van der Waals surface area contributed by atoms with Crippen LogP contribution >= 0.6 is 0 Å². The van der Waals surface area contributed by atoms with Crippen LogP contribution in [0.4, 0.5) is 11.4 Å². The van der Waals surface area contributed by atoms with Gasteiger partial charge in [0.1, 0.15) is 0 Å². The van der Waals surface area contributed by atoms with Crippen LogP contribution in [0, 0.1) is 27.2 Å². The van der Waals surface area contributed by atoms with Crippen molar-refractivity contribution >= 4 is 23.5 Å². The largest absolute Gasteiger partial charge is 0.490 e. The smallest absolute Gasteiger partial charge is 0.318 e. The maximum absolute atomic E-state index is 12.1. The van der Waals surface area contributed by atoms with Gasteiger partial charge in [0.05, 0.1) is 34.3 Å². The summed E-state index contributed by atoms with van der Waals surface area (Å²) in [6, 6.07) is 11.1. The van der Waals surface area contributed by atoms with Gasteiger partial charge in [0.25, 0.3) is 11.6 Å². The van der Waals surface area contributed by atoms with Crippen LogP contribution in [-0.4, -0.2) is 33.6 Å². The van der Waals surface area contributed by atoms with Gasteiger partial charge in [0, 0.05) is 18.0 Å². The Bertz CT molecular complexity index is 1260. The van der Waals surface area contributed by atoms with Crippen LogP contribution in [0.1, 0.15) is 28.5 Å². The molecule has 2 aromatic carbocycles. The highest BCUT2D eigenvalue weighted by atomic mass is 16.6. The van der Waals surface area contributed by atoms with Gasteiger partial charge in [-0.1, -0.05) is 0 Å². The molecule has 1 amide bonds. The first-order valence-electron chi connectivity index (χ1n) is 9.92. The van der Waals surface area contributed by atoms with Crippen LogP contribution in [0.25, 0.3) is 0 Å². The molecular formula is C22H19N5O7. The number of amides is 1. The Morgan fingerprint density at radius 2 is 1.82 bits per heavy atom. The lowest BCUT2D eigenvalue weighted by molar-refractivity contribution is -0.394. The van der Waals surface area contributed by atoms with E-state index in [1.165, 1.54) is 18.5 Å². The third-order valence-electron chi connectivity index (χ3n) is 4.39. The number of hydrogen-bond donors (Lipinski definition) is 1. The third kappa shape index (κ3) is 5.88. The second kappa shape index (κ2) is 10.6. The maximum atomic E-state index is 12.1. The number of hydrogen-bond acceptors (Lipinski definition) is 9. The number of rotatable bonds is 9. The molecule has 0 aliphatic carbocycles. The molecule has 0 radical (unpaired) electrons. The van der Waals surface area contributed by atoms with Crippen molar-refractivity contribution in [1.82, 2.24) is 10.4 Å². The standard InChI is InChI=1S/C22H19N5O7/c1-3-33-21-10-15(12-24-25-22(28)16-6-4-14(2)23-13-16)5-8-20(21)34-19-9-7-17(26(29)30)11-18(19)27(31)32/h4-13H,3H2,1-2H3,(H,25,28)/b24-12+. The number of non-ortho nitro benzene ring substituents is 1. The normalized spacial score (nSPS) is 10.6. The Morgan fingerprint density at radius 3 is 2.47 bits per heavy atom. The number of nitrogens with zero attached hydrogens (tertiary/aromatic N) is 4. The first kappa shape index (κ1) is 23.8. The van der Waals surface area contributed by atoms with Crippen molar-refractivity contribution in [3.63, 3.8) is 0 Å². The molecule has 3 rings (SSSR count). The lowest BCUT2D eigenvalue weighted by atomic mass is 10.2. The Morgan fingerprint density at radius 1 is 1.06 bits per heavy atom. The highest BCUT2D eigenvalue weighted by Crippen LogP contribution is 2.38. The molecule has 12 heteroatoms. The molecule has 174 valence electrons. The Hall–Kier alpha value is -4.87. The highest BCUT2D eigenvalue weighted by molar-refractivity contribution is 5.94. The molecule has 1 aromatic heterocycles. The number of ether oxygens (including phenoxy) is 2. The first-order valence-corrected chi connectivity index (χ1v) is 9.92. The van der Waals surface area contributed by atoms with E-state index in [1.54, 1.807) is 31.2 Å². The van der Waals surface area contributed by atoms with E-state index < -0.39 is 27.1 Å². The van der Waals surface area contributed by atoms with E-state index in [-0.39, 0.29) is 23.9 Å². The van der Waals surface area contributed by atoms with Gasteiger partial charge in [-0.3, -0.25) is 30.0 Å². The van der Waals surface area contributed by atoms with Gasteiger partial charge in [0.2, 0.25) is 5.75 Å². The van der Waals surface area contributed by atoms with E-state index in [0.717, 1.165) is 23.9 Å². The van der Waals surface area contributed by atoms with Crippen LogP contribution in [0.15, 0.2) is 59.8 Å². The summed E-state index contributed by atoms with van der Waals surface area (Å²) in [6.45, 7) is 3.83. The molecule has 1 N–H and O–H groups in total. The molecule has 0 aliphatic rings. The van der Waals surface area contributed by atoms with Crippen molar-refractivity contribution in [3.05, 3.63) is 91.8 Å². The van der Waals surface area contributed by atoms with Gasteiger partial charge >= 0.3 is 5.69 Å². The van der Waals surface area contributed by atoms with E-state index >= 15 is 0 Å². The fourth-order valence-electron chi connectivity index (χ4n) is 2.76. The average molecular weight is 465 g/mol. The van der Waals surface area contributed by atoms with Gasteiger partial charge in [-0.05, 0) is 55.8 Å². The van der Waals surface area contributed by atoms with Gasteiger partial charge in [-0.2, -0.15) is 5.10 Å². The quantitative estimate of drug-likeness (QED) is 0.280. The molecule has 0 spiro atoms. The molecule has 0 atom stereocenters. The Balaban J connectivity index is 1.80. The van der Waals surface area contributed by atoms with E-state index in [1.807, 2.05) is 6.92 Å². The van der Waals surface area contributed by atoms with Gasteiger partial charge in [-0.25, -0.2) is 5.43 Å². The van der Waals surface area contributed by atoms with E-state index in [2.05, 4.69) is 15.5 Å². The molecule has 0 aliphatic heterocycles. The number of nitrogens with one attached hydrogen (secondary N) is 1. The summed E-state index contributed by atoms with van der Waals surface area (Å²) >= 11 is 0. The lowest BCUT2D eigenvalue weighted by Crippen LogP contribution is -2.17. The van der Waals surface area contributed by atoms with Crippen LogP contribution in [0.5, 0.6) is 17.2 Å². The zero-order valence-corrected chi connectivity index (χ0v) is 18.1. The SMILES string of the molecule is CCOc1cc(/C=N/NC(=O)c2ccc(C)nc2)ccc1Oc1ccc([N+](=O)[O-])cc1[N+](=O)[O-]. The fourth-order valence-corrected chi connectivity index (χ4v) is 2.76. The Labute approximate surface area is 193 Å². The third-order valence-corrected chi connectivity index (χ3v) is 4.39. The first-order chi connectivity index (χ1) is 16.3. The number of carbonyl (C=O) groups excluding carboxylic acids is 1. The summed E-state index contributed by atoms with van der Waals surface area (Å²) in [7, 11) is 0. The molecule has 12 nitrogen and oxygen atoms in total. The molecular weight excluding hydrogens is 446 g/mol. The van der Waals surface area contributed by atoms with Crippen LogP contribution in [0.3, 0.4) is 0 Å². The monoisotopic (exact) mass is 465 g/mol. The molecule has 0 saturated heterocycles. The van der Waals surface area contributed by atoms with Crippen molar-refractivity contribution in [2.75, 3.05) is 6.61 Å². The minimum atomic E-state index is -0.768.